The highest BCUT2D eigenvalue weighted by Crippen LogP contribution is 2.17. The van der Waals surface area contributed by atoms with E-state index in [1.54, 1.807) is 42.7 Å². The van der Waals surface area contributed by atoms with Crippen molar-refractivity contribution in [3.05, 3.63) is 54.0 Å². The minimum Gasteiger partial charge on any atom is -0.468 e. The molecule has 0 saturated carbocycles. The van der Waals surface area contributed by atoms with Crippen molar-refractivity contribution in [3.8, 4) is 6.07 Å². The second kappa shape index (κ2) is 7.94. The van der Waals surface area contributed by atoms with Crippen molar-refractivity contribution in [1.82, 2.24) is 10.2 Å². The van der Waals surface area contributed by atoms with E-state index in [9.17, 15) is 9.59 Å². The molecule has 0 radical (unpaired) electrons. The lowest BCUT2D eigenvalue weighted by Gasteiger charge is -2.22. The Bertz CT molecular complexity index is 747. The Morgan fingerprint density at radius 1 is 1.21 bits per heavy atom. The quantitative estimate of drug-likeness (QED) is 0.812. The maximum Gasteiger partial charge on any atom is 0.313 e. The highest BCUT2D eigenvalue weighted by atomic mass is 16.3. The molecule has 2 amide bonds. The first-order chi connectivity index (χ1) is 11.5. The third-order valence-corrected chi connectivity index (χ3v) is 3.45. The van der Waals surface area contributed by atoms with Crippen LogP contribution in [0.5, 0.6) is 0 Å². The minimum atomic E-state index is -0.824. The van der Waals surface area contributed by atoms with Crippen LogP contribution in [0.1, 0.15) is 17.4 Å². The zero-order valence-corrected chi connectivity index (χ0v) is 13.4. The Morgan fingerprint density at radius 3 is 2.58 bits per heavy atom. The van der Waals surface area contributed by atoms with Crippen LogP contribution in [0.25, 0.3) is 0 Å². The van der Waals surface area contributed by atoms with Crippen LogP contribution in [0.2, 0.25) is 0 Å². The average molecular weight is 326 g/mol. The summed E-state index contributed by atoms with van der Waals surface area (Å²) in [5, 5.41) is 14.0. The smallest absolute Gasteiger partial charge is 0.313 e. The number of benzene rings is 1. The fourth-order valence-corrected chi connectivity index (χ4v) is 2.16. The molecule has 0 saturated heterocycles. The number of nitrogens with zero attached hydrogens (tertiary/aromatic N) is 2. The van der Waals surface area contributed by atoms with Crippen molar-refractivity contribution >= 4 is 17.5 Å². The van der Waals surface area contributed by atoms with Crippen LogP contribution in [-0.4, -0.2) is 37.4 Å². The van der Waals surface area contributed by atoms with Crippen molar-refractivity contribution in [3.63, 3.8) is 0 Å². The van der Waals surface area contributed by atoms with Gasteiger partial charge in [-0.3, -0.25) is 14.5 Å². The molecule has 0 spiro atoms. The molecule has 2 aromatic rings. The number of carbonyl (C=O) groups excluding carboxylic acids is 2. The van der Waals surface area contributed by atoms with Crippen LogP contribution < -0.4 is 10.6 Å². The first-order valence-electron chi connectivity index (χ1n) is 7.31. The van der Waals surface area contributed by atoms with Gasteiger partial charge >= 0.3 is 11.8 Å². The number of anilines is 1. The number of hydrogen-bond donors (Lipinski definition) is 2. The van der Waals surface area contributed by atoms with E-state index in [-0.39, 0.29) is 12.6 Å². The topological polar surface area (TPSA) is 98.4 Å². The summed E-state index contributed by atoms with van der Waals surface area (Å²) in [6.07, 6.45) is 1.55. The Balaban J connectivity index is 1.96. The van der Waals surface area contributed by atoms with Crippen LogP contribution in [-0.2, 0) is 9.59 Å². The summed E-state index contributed by atoms with van der Waals surface area (Å²) in [5.41, 5.74) is 0.593. The van der Waals surface area contributed by atoms with Crippen LogP contribution in [0.3, 0.4) is 0 Å². The molecule has 1 aromatic heterocycles. The summed E-state index contributed by atoms with van der Waals surface area (Å²) < 4.78 is 5.35. The SMILES string of the molecule is CN(C)[C@@H](CNC(=O)C(=O)Nc1ccccc1C#N)c1ccco1. The van der Waals surface area contributed by atoms with Crippen molar-refractivity contribution < 1.29 is 14.0 Å². The third kappa shape index (κ3) is 4.21. The summed E-state index contributed by atoms with van der Waals surface area (Å²) in [7, 11) is 3.70. The maximum atomic E-state index is 12.0. The van der Waals surface area contributed by atoms with Crippen LogP contribution in [0, 0.1) is 11.3 Å². The van der Waals surface area contributed by atoms with Gasteiger partial charge in [0.05, 0.1) is 23.6 Å². The summed E-state index contributed by atoms with van der Waals surface area (Å²) in [4.78, 5) is 25.8. The van der Waals surface area contributed by atoms with E-state index >= 15 is 0 Å². The van der Waals surface area contributed by atoms with Crippen LogP contribution >= 0.6 is 0 Å². The lowest BCUT2D eigenvalue weighted by Crippen LogP contribution is -2.40. The molecule has 0 aliphatic carbocycles. The summed E-state index contributed by atoms with van der Waals surface area (Å²) in [6, 6.07) is 11.8. The second-order valence-electron chi connectivity index (χ2n) is 5.32. The van der Waals surface area contributed by atoms with Crippen LogP contribution in [0.15, 0.2) is 47.1 Å². The number of likely N-dealkylation sites (N-methyl/N-ethyl adjacent to an activating group) is 1. The molecule has 1 aromatic carbocycles. The monoisotopic (exact) mass is 326 g/mol. The van der Waals surface area contributed by atoms with E-state index in [0.717, 1.165) is 0 Å². The number of rotatable bonds is 5. The molecule has 1 atom stereocenters. The number of nitriles is 1. The van der Waals surface area contributed by atoms with E-state index in [1.807, 2.05) is 25.1 Å². The molecule has 0 unspecified atom stereocenters. The molecular weight excluding hydrogens is 308 g/mol. The van der Waals surface area contributed by atoms with Gasteiger partial charge in [-0.15, -0.1) is 0 Å². The minimum absolute atomic E-state index is 0.192. The summed E-state index contributed by atoms with van der Waals surface area (Å²) in [5.74, 6) is -0.911. The van der Waals surface area contributed by atoms with Crippen molar-refractivity contribution in [1.29, 1.82) is 5.26 Å². The molecule has 7 nitrogen and oxygen atoms in total. The van der Waals surface area contributed by atoms with Crippen molar-refractivity contribution in [2.45, 2.75) is 6.04 Å². The first kappa shape index (κ1) is 17.2. The number of para-hydroxylation sites is 1. The molecule has 0 aliphatic rings. The molecule has 2 N–H and O–H groups in total. The van der Waals surface area contributed by atoms with Gasteiger partial charge in [0.2, 0.25) is 0 Å². The van der Waals surface area contributed by atoms with Gasteiger partial charge in [-0.1, -0.05) is 12.1 Å². The van der Waals surface area contributed by atoms with E-state index in [4.69, 9.17) is 9.68 Å². The first-order valence-corrected chi connectivity index (χ1v) is 7.31. The lowest BCUT2D eigenvalue weighted by molar-refractivity contribution is -0.136. The normalized spacial score (nSPS) is 11.6. The number of nitrogens with one attached hydrogen (secondary N) is 2. The molecule has 124 valence electrons. The molecule has 24 heavy (non-hydrogen) atoms. The number of hydrogen-bond acceptors (Lipinski definition) is 5. The van der Waals surface area contributed by atoms with E-state index in [2.05, 4.69) is 10.6 Å². The largest absolute Gasteiger partial charge is 0.468 e. The number of amides is 2. The fraction of sp³-hybridized carbons (Fsp3) is 0.235. The Hall–Kier alpha value is -3.11. The van der Waals surface area contributed by atoms with Gasteiger partial charge in [-0.2, -0.15) is 5.26 Å². The van der Waals surface area contributed by atoms with E-state index in [1.165, 1.54) is 0 Å². The van der Waals surface area contributed by atoms with Gasteiger partial charge in [0.1, 0.15) is 11.8 Å². The van der Waals surface area contributed by atoms with Gasteiger partial charge in [-0.05, 0) is 38.4 Å². The van der Waals surface area contributed by atoms with Crippen LogP contribution in [0.4, 0.5) is 5.69 Å². The van der Waals surface area contributed by atoms with Gasteiger partial charge in [0, 0.05) is 6.54 Å². The second-order valence-corrected chi connectivity index (χ2v) is 5.32. The van der Waals surface area contributed by atoms with Crippen molar-refractivity contribution in [2.75, 3.05) is 26.0 Å². The number of carbonyl (C=O) groups is 2. The van der Waals surface area contributed by atoms with Crippen molar-refractivity contribution in [2.24, 2.45) is 0 Å². The Labute approximate surface area is 139 Å². The molecule has 7 heteroatoms. The predicted octanol–water partition coefficient (Wildman–Crippen LogP) is 1.51. The standard InChI is InChI=1S/C17H18N4O3/c1-21(2)14(15-8-5-9-24-15)11-19-16(22)17(23)20-13-7-4-3-6-12(13)10-18/h3-9,14H,11H2,1-2H3,(H,19,22)(H,20,23)/t14-/m0/s1. The van der Waals surface area contributed by atoms with Gasteiger partial charge in [0.25, 0.3) is 0 Å². The summed E-state index contributed by atoms with van der Waals surface area (Å²) in [6.45, 7) is 0.215. The predicted molar refractivity (Wildman–Crippen MR) is 87.9 cm³/mol. The Kier molecular flexibility index (Phi) is 5.71. The van der Waals surface area contributed by atoms with E-state index < -0.39 is 11.8 Å². The molecule has 2 rings (SSSR count). The van der Waals surface area contributed by atoms with Gasteiger partial charge < -0.3 is 15.1 Å². The molecule has 0 bridgehead atoms. The fourth-order valence-electron chi connectivity index (χ4n) is 2.16. The highest BCUT2D eigenvalue weighted by Gasteiger charge is 2.21. The van der Waals surface area contributed by atoms with E-state index in [0.29, 0.717) is 17.0 Å². The summed E-state index contributed by atoms with van der Waals surface area (Å²) >= 11 is 0. The maximum absolute atomic E-state index is 12.0. The zero-order chi connectivity index (χ0) is 17.5. The highest BCUT2D eigenvalue weighted by molar-refractivity contribution is 6.39. The average Bonchev–Trinajstić information content (AvgIpc) is 3.09. The molecular formula is C17H18N4O3. The lowest BCUT2D eigenvalue weighted by atomic mass is 10.2. The zero-order valence-electron chi connectivity index (χ0n) is 13.4. The van der Waals surface area contributed by atoms with Gasteiger partial charge in [-0.25, -0.2) is 0 Å². The third-order valence-electron chi connectivity index (χ3n) is 3.45. The molecule has 0 fully saturated rings. The Morgan fingerprint density at radius 2 is 1.96 bits per heavy atom. The molecule has 0 aliphatic heterocycles. The van der Waals surface area contributed by atoms with Gasteiger partial charge in [0.15, 0.2) is 0 Å². The molecule has 1 heterocycles. The number of furan rings is 1.